The molecule has 0 aliphatic carbocycles. The molecule has 0 bridgehead atoms. The number of amides is 1. The van der Waals surface area contributed by atoms with E-state index in [1.165, 1.54) is 4.88 Å². The first kappa shape index (κ1) is 12.8. The van der Waals surface area contributed by atoms with Crippen LogP contribution in [0, 0.1) is 6.92 Å². The van der Waals surface area contributed by atoms with Gasteiger partial charge in [-0.25, -0.2) is 0 Å². The van der Waals surface area contributed by atoms with Gasteiger partial charge in [-0.2, -0.15) is 5.10 Å². The van der Waals surface area contributed by atoms with Gasteiger partial charge in [0.15, 0.2) is 5.69 Å². The zero-order chi connectivity index (χ0) is 13.1. The van der Waals surface area contributed by atoms with E-state index < -0.39 is 0 Å². The van der Waals surface area contributed by atoms with E-state index in [4.69, 9.17) is 0 Å². The number of aryl methyl sites for hydroxylation is 1. The Kier molecular flexibility index (Phi) is 3.81. The number of carbonyl (C=O) groups is 1. The Hall–Kier alpha value is -1.62. The van der Waals surface area contributed by atoms with E-state index in [1.807, 2.05) is 19.9 Å². The van der Waals surface area contributed by atoms with Crippen LogP contribution in [0.5, 0.6) is 0 Å². The van der Waals surface area contributed by atoms with Crippen LogP contribution < -0.4 is 5.32 Å². The first-order valence-corrected chi connectivity index (χ1v) is 6.85. The van der Waals surface area contributed by atoms with Crippen LogP contribution in [-0.2, 0) is 0 Å². The number of hydrogen-bond acceptors (Lipinski definition) is 3. The normalized spacial score (nSPS) is 12.4. The zero-order valence-corrected chi connectivity index (χ0v) is 11.6. The van der Waals surface area contributed by atoms with Crippen LogP contribution in [0.2, 0.25) is 0 Å². The summed E-state index contributed by atoms with van der Waals surface area (Å²) >= 11 is 1.68. The molecule has 18 heavy (non-hydrogen) atoms. The van der Waals surface area contributed by atoms with Gasteiger partial charge in [-0.1, -0.05) is 6.92 Å². The molecule has 2 aromatic heterocycles. The molecule has 96 valence electrons. The minimum Gasteiger partial charge on any atom is -0.348 e. The van der Waals surface area contributed by atoms with Crippen molar-refractivity contribution < 1.29 is 4.79 Å². The Balaban J connectivity index is 2.13. The van der Waals surface area contributed by atoms with Crippen LogP contribution in [0.15, 0.2) is 18.2 Å². The number of hydrogen-bond donors (Lipinski definition) is 2. The van der Waals surface area contributed by atoms with Gasteiger partial charge in [0.1, 0.15) is 0 Å². The Labute approximate surface area is 110 Å². The maximum absolute atomic E-state index is 11.9. The standard InChI is InChI=1S/C13H17N3OS/c1-4-8(2)14-13(17)11-7-10(15-16-11)12-6-5-9(3)18-12/h5-8H,4H2,1-3H3,(H,14,17)(H,15,16). The van der Waals surface area contributed by atoms with Crippen molar-refractivity contribution in [3.63, 3.8) is 0 Å². The highest BCUT2D eigenvalue weighted by Crippen LogP contribution is 2.26. The van der Waals surface area contributed by atoms with Crippen LogP contribution in [0.1, 0.15) is 35.6 Å². The van der Waals surface area contributed by atoms with Crippen molar-refractivity contribution in [1.29, 1.82) is 0 Å². The smallest absolute Gasteiger partial charge is 0.271 e. The van der Waals surface area contributed by atoms with E-state index in [2.05, 4.69) is 28.5 Å². The highest BCUT2D eigenvalue weighted by atomic mass is 32.1. The van der Waals surface area contributed by atoms with Gasteiger partial charge in [0, 0.05) is 10.9 Å². The molecule has 2 aromatic rings. The quantitative estimate of drug-likeness (QED) is 0.891. The molecule has 1 unspecified atom stereocenters. The maximum Gasteiger partial charge on any atom is 0.271 e. The molecule has 0 saturated heterocycles. The molecule has 2 heterocycles. The topological polar surface area (TPSA) is 57.8 Å². The van der Waals surface area contributed by atoms with Gasteiger partial charge in [-0.05, 0) is 38.5 Å². The third-order valence-corrected chi connectivity index (χ3v) is 3.84. The maximum atomic E-state index is 11.9. The number of nitrogens with one attached hydrogen (secondary N) is 2. The fourth-order valence-electron chi connectivity index (χ4n) is 1.54. The van der Waals surface area contributed by atoms with Crippen molar-refractivity contribution in [1.82, 2.24) is 15.5 Å². The van der Waals surface area contributed by atoms with Gasteiger partial charge in [-0.15, -0.1) is 11.3 Å². The summed E-state index contributed by atoms with van der Waals surface area (Å²) < 4.78 is 0. The van der Waals surface area contributed by atoms with E-state index in [1.54, 1.807) is 17.4 Å². The summed E-state index contributed by atoms with van der Waals surface area (Å²) in [6.45, 7) is 6.07. The lowest BCUT2D eigenvalue weighted by Crippen LogP contribution is -2.32. The molecule has 0 radical (unpaired) electrons. The molecule has 0 aliphatic rings. The first-order chi connectivity index (χ1) is 8.60. The fraction of sp³-hybridized carbons (Fsp3) is 0.385. The van der Waals surface area contributed by atoms with E-state index in [0.29, 0.717) is 5.69 Å². The number of carbonyl (C=O) groups excluding carboxylic acids is 1. The largest absolute Gasteiger partial charge is 0.348 e. The molecule has 0 aliphatic heterocycles. The van der Waals surface area contributed by atoms with Crippen LogP contribution in [-0.4, -0.2) is 22.1 Å². The monoisotopic (exact) mass is 263 g/mol. The molecular formula is C13H17N3OS. The van der Waals surface area contributed by atoms with Gasteiger partial charge < -0.3 is 5.32 Å². The molecule has 1 atom stereocenters. The van der Waals surface area contributed by atoms with Crippen molar-refractivity contribution in [2.24, 2.45) is 0 Å². The minimum atomic E-state index is -0.125. The van der Waals surface area contributed by atoms with Gasteiger partial charge in [0.05, 0.1) is 10.6 Å². The SMILES string of the molecule is CCC(C)NC(=O)c1cc(-c2ccc(C)s2)[nH]n1. The predicted molar refractivity (Wildman–Crippen MR) is 73.9 cm³/mol. The van der Waals surface area contributed by atoms with E-state index >= 15 is 0 Å². The predicted octanol–water partition coefficient (Wildman–Crippen LogP) is 2.97. The van der Waals surface area contributed by atoms with E-state index in [0.717, 1.165) is 17.0 Å². The van der Waals surface area contributed by atoms with Crippen molar-refractivity contribution in [3.8, 4) is 10.6 Å². The number of rotatable bonds is 4. The average Bonchev–Trinajstić information content (AvgIpc) is 2.96. The lowest BCUT2D eigenvalue weighted by molar-refractivity contribution is 0.0934. The number of nitrogens with zero attached hydrogens (tertiary/aromatic N) is 1. The lowest BCUT2D eigenvalue weighted by Gasteiger charge is -2.08. The number of thiophene rings is 1. The van der Waals surface area contributed by atoms with Crippen LogP contribution in [0.3, 0.4) is 0 Å². The summed E-state index contributed by atoms with van der Waals surface area (Å²) in [5, 5.41) is 9.86. The van der Waals surface area contributed by atoms with Gasteiger partial charge >= 0.3 is 0 Å². The lowest BCUT2D eigenvalue weighted by atomic mass is 10.2. The first-order valence-electron chi connectivity index (χ1n) is 6.03. The van der Waals surface area contributed by atoms with Gasteiger partial charge in [0.2, 0.25) is 0 Å². The molecular weight excluding hydrogens is 246 g/mol. The summed E-state index contributed by atoms with van der Waals surface area (Å²) in [6.07, 6.45) is 0.910. The molecule has 0 saturated carbocycles. The molecule has 0 aromatic carbocycles. The third kappa shape index (κ3) is 2.79. The fourth-order valence-corrected chi connectivity index (χ4v) is 2.38. The molecule has 5 heteroatoms. The second-order valence-electron chi connectivity index (χ2n) is 4.36. The van der Waals surface area contributed by atoms with Crippen LogP contribution in [0.25, 0.3) is 10.6 Å². The number of aromatic nitrogens is 2. The summed E-state index contributed by atoms with van der Waals surface area (Å²) in [5.74, 6) is -0.125. The minimum absolute atomic E-state index is 0.125. The van der Waals surface area contributed by atoms with Gasteiger partial charge in [-0.3, -0.25) is 9.89 Å². The highest BCUT2D eigenvalue weighted by Gasteiger charge is 2.13. The molecule has 4 nitrogen and oxygen atoms in total. The zero-order valence-electron chi connectivity index (χ0n) is 10.8. The Bertz CT molecular complexity index is 544. The summed E-state index contributed by atoms with van der Waals surface area (Å²) in [5.41, 5.74) is 1.33. The average molecular weight is 263 g/mol. The van der Waals surface area contributed by atoms with Crippen molar-refractivity contribution in [3.05, 3.63) is 28.8 Å². The summed E-state index contributed by atoms with van der Waals surface area (Å²) in [7, 11) is 0. The van der Waals surface area contributed by atoms with Gasteiger partial charge in [0.25, 0.3) is 5.91 Å². The number of H-pyrrole nitrogens is 1. The Morgan fingerprint density at radius 3 is 2.94 bits per heavy atom. The van der Waals surface area contributed by atoms with E-state index in [9.17, 15) is 4.79 Å². The molecule has 0 fully saturated rings. The second kappa shape index (κ2) is 5.35. The van der Waals surface area contributed by atoms with Crippen molar-refractivity contribution in [2.45, 2.75) is 33.2 Å². The molecule has 2 rings (SSSR count). The summed E-state index contributed by atoms with van der Waals surface area (Å²) in [4.78, 5) is 14.2. The van der Waals surface area contributed by atoms with Crippen molar-refractivity contribution >= 4 is 17.2 Å². The van der Waals surface area contributed by atoms with Crippen molar-refractivity contribution in [2.75, 3.05) is 0 Å². The molecule has 0 spiro atoms. The third-order valence-electron chi connectivity index (χ3n) is 2.81. The Morgan fingerprint density at radius 2 is 2.33 bits per heavy atom. The molecule has 2 N–H and O–H groups in total. The summed E-state index contributed by atoms with van der Waals surface area (Å²) in [6, 6.07) is 6.05. The number of aromatic amines is 1. The van der Waals surface area contributed by atoms with Crippen LogP contribution >= 0.6 is 11.3 Å². The van der Waals surface area contributed by atoms with E-state index in [-0.39, 0.29) is 11.9 Å². The van der Waals surface area contributed by atoms with Crippen LogP contribution in [0.4, 0.5) is 0 Å². The highest BCUT2D eigenvalue weighted by molar-refractivity contribution is 7.15. The Morgan fingerprint density at radius 1 is 1.56 bits per heavy atom. The molecule has 1 amide bonds. The second-order valence-corrected chi connectivity index (χ2v) is 5.65.